The Bertz CT molecular complexity index is 743. The molecule has 0 radical (unpaired) electrons. The molecule has 6 heteroatoms. The minimum absolute atomic E-state index is 0.201. The Morgan fingerprint density at radius 1 is 1.05 bits per heavy atom. The number of aromatic hydroxyl groups is 1. The van der Waals surface area contributed by atoms with Gasteiger partial charge in [0.25, 0.3) is 5.22 Å². The van der Waals surface area contributed by atoms with Crippen molar-refractivity contribution >= 4 is 23.4 Å². The lowest BCUT2D eigenvalue weighted by molar-refractivity contribution is 0.465. The molecule has 21 heavy (non-hydrogen) atoms. The summed E-state index contributed by atoms with van der Waals surface area (Å²) in [7, 11) is 0. The van der Waals surface area contributed by atoms with Crippen molar-refractivity contribution in [1.82, 2.24) is 10.2 Å². The van der Waals surface area contributed by atoms with E-state index in [4.69, 9.17) is 16.0 Å². The van der Waals surface area contributed by atoms with E-state index >= 15 is 0 Å². The molecule has 0 atom stereocenters. The molecule has 0 amide bonds. The number of rotatable bonds is 4. The number of halogens is 1. The van der Waals surface area contributed by atoms with Gasteiger partial charge in [0.05, 0.1) is 0 Å². The van der Waals surface area contributed by atoms with E-state index in [9.17, 15) is 5.11 Å². The van der Waals surface area contributed by atoms with Crippen LogP contribution in [0, 0.1) is 0 Å². The summed E-state index contributed by atoms with van der Waals surface area (Å²) in [5.74, 6) is 1.29. The van der Waals surface area contributed by atoms with Gasteiger partial charge in [0.15, 0.2) is 0 Å². The van der Waals surface area contributed by atoms with Gasteiger partial charge in [-0.2, -0.15) is 0 Å². The van der Waals surface area contributed by atoms with Crippen LogP contribution in [0.1, 0.15) is 5.56 Å². The van der Waals surface area contributed by atoms with Crippen LogP contribution in [0.2, 0.25) is 5.02 Å². The van der Waals surface area contributed by atoms with E-state index in [2.05, 4.69) is 10.2 Å². The number of thioether (sulfide) groups is 1. The van der Waals surface area contributed by atoms with Crippen LogP contribution < -0.4 is 0 Å². The molecule has 0 aliphatic heterocycles. The highest BCUT2D eigenvalue weighted by Crippen LogP contribution is 2.28. The molecule has 1 N–H and O–H groups in total. The molecule has 3 rings (SSSR count). The van der Waals surface area contributed by atoms with Crippen molar-refractivity contribution < 1.29 is 9.52 Å². The summed E-state index contributed by atoms with van der Waals surface area (Å²) in [6.45, 7) is 0. The van der Waals surface area contributed by atoms with Crippen LogP contribution in [0.15, 0.2) is 58.2 Å². The molecular weight excluding hydrogens is 308 g/mol. The predicted octanol–water partition coefficient (Wildman–Crippen LogP) is 4.39. The standard InChI is InChI=1S/C15H11ClN2O2S/c16-13-4-2-1-3-11(13)9-21-15-18-17-14(20-15)10-5-7-12(19)8-6-10/h1-8,19H,9H2. The average Bonchev–Trinajstić information content (AvgIpc) is 2.96. The first-order valence-corrected chi connectivity index (χ1v) is 7.58. The molecule has 1 heterocycles. The summed E-state index contributed by atoms with van der Waals surface area (Å²) in [5, 5.41) is 18.5. The van der Waals surface area contributed by atoms with Gasteiger partial charge < -0.3 is 9.52 Å². The maximum absolute atomic E-state index is 9.26. The van der Waals surface area contributed by atoms with E-state index in [1.54, 1.807) is 24.3 Å². The Hall–Kier alpha value is -1.98. The number of phenols is 1. The number of aromatic nitrogens is 2. The van der Waals surface area contributed by atoms with Crippen molar-refractivity contribution in [2.24, 2.45) is 0 Å². The first-order chi connectivity index (χ1) is 10.2. The first kappa shape index (κ1) is 14.0. The Morgan fingerprint density at radius 3 is 2.57 bits per heavy atom. The van der Waals surface area contributed by atoms with Crippen LogP contribution in [0.25, 0.3) is 11.5 Å². The lowest BCUT2D eigenvalue weighted by atomic mass is 10.2. The summed E-state index contributed by atoms with van der Waals surface area (Å²) >= 11 is 7.53. The van der Waals surface area contributed by atoms with Gasteiger partial charge in [-0.1, -0.05) is 41.6 Å². The van der Waals surface area contributed by atoms with Gasteiger partial charge in [-0.3, -0.25) is 0 Å². The van der Waals surface area contributed by atoms with Crippen molar-refractivity contribution in [2.75, 3.05) is 0 Å². The minimum Gasteiger partial charge on any atom is -0.508 e. The Kier molecular flexibility index (Phi) is 4.13. The van der Waals surface area contributed by atoms with Gasteiger partial charge in [-0.05, 0) is 35.9 Å². The van der Waals surface area contributed by atoms with E-state index < -0.39 is 0 Å². The topological polar surface area (TPSA) is 59.2 Å². The van der Waals surface area contributed by atoms with Crippen molar-refractivity contribution in [1.29, 1.82) is 0 Å². The summed E-state index contributed by atoms with van der Waals surface area (Å²) < 4.78 is 5.59. The molecule has 0 aliphatic carbocycles. The smallest absolute Gasteiger partial charge is 0.277 e. The van der Waals surface area contributed by atoms with Gasteiger partial charge in [0, 0.05) is 16.3 Å². The highest BCUT2D eigenvalue weighted by Gasteiger charge is 2.10. The van der Waals surface area contributed by atoms with Gasteiger partial charge >= 0.3 is 0 Å². The molecule has 0 saturated heterocycles. The second kappa shape index (κ2) is 6.20. The monoisotopic (exact) mass is 318 g/mol. The second-order valence-electron chi connectivity index (χ2n) is 4.30. The maximum Gasteiger partial charge on any atom is 0.277 e. The first-order valence-electron chi connectivity index (χ1n) is 6.21. The van der Waals surface area contributed by atoms with E-state index in [1.807, 2.05) is 24.3 Å². The van der Waals surface area contributed by atoms with Crippen LogP contribution in [0.4, 0.5) is 0 Å². The van der Waals surface area contributed by atoms with Gasteiger partial charge in [0.2, 0.25) is 5.89 Å². The lowest BCUT2D eigenvalue weighted by Crippen LogP contribution is -1.81. The van der Waals surface area contributed by atoms with Crippen LogP contribution in [0.5, 0.6) is 5.75 Å². The zero-order valence-electron chi connectivity index (χ0n) is 10.9. The summed E-state index contributed by atoms with van der Waals surface area (Å²) in [4.78, 5) is 0. The molecule has 4 nitrogen and oxygen atoms in total. The second-order valence-corrected chi connectivity index (χ2v) is 5.63. The summed E-state index contributed by atoms with van der Waals surface area (Å²) in [5.41, 5.74) is 1.79. The molecular formula is C15H11ClN2O2S. The van der Waals surface area contributed by atoms with E-state index in [0.29, 0.717) is 16.9 Å². The maximum atomic E-state index is 9.26. The largest absolute Gasteiger partial charge is 0.508 e. The molecule has 0 unspecified atom stereocenters. The van der Waals surface area contributed by atoms with Crippen LogP contribution in [-0.4, -0.2) is 15.3 Å². The van der Waals surface area contributed by atoms with E-state index in [1.165, 1.54) is 11.8 Å². The van der Waals surface area contributed by atoms with Crippen LogP contribution in [0.3, 0.4) is 0 Å². The molecule has 0 fully saturated rings. The zero-order valence-corrected chi connectivity index (χ0v) is 12.4. The number of benzene rings is 2. The van der Waals surface area contributed by atoms with Crippen LogP contribution in [-0.2, 0) is 5.75 Å². The summed E-state index contributed by atoms with van der Waals surface area (Å²) in [6, 6.07) is 14.3. The van der Waals surface area contributed by atoms with Crippen molar-refractivity contribution in [3.05, 3.63) is 59.1 Å². The Labute approximate surface area is 130 Å². The fourth-order valence-electron chi connectivity index (χ4n) is 1.74. The van der Waals surface area contributed by atoms with Gasteiger partial charge in [-0.15, -0.1) is 10.2 Å². The van der Waals surface area contributed by atoms with Crippen molar-refractivity contribution in [3.63, 3.8) is 0 Å². The third kappa shape index (κ3) is 3.37. The number of hydrogen-bond acceptors (Lipinski definition) is 5. The van der Waals surface area contributed by atoms with Gasteiger partial charge in [-0.25, -0.2) is 0 Å². The van der Waals surface area contributed by atoms with Crippen molar-refractivity contribution in [2.45, 2.75) is 11.0 Å². The highest BCUT2D eigenvalue weighted by atomic mass is 35.5. The SMILES string of the molecule is Oc1ccc(-c2nnc(SCc3ccccc3Cl)o2)cc1. The fourth-order valence-corrected chi connectivity index (χ4v) is 2.79. The fraction of sp³-hybridized carbons (Fsp3) is 0.0667. The predicted molar refractivity (Wildman–Crippen MR) is 82.4 cm³/mol. The molecule has 0 saturated carbocycles. The number of nitrogens with zero attached hydrogens (tertiary/aromatic N) is 2. The highest BCUT2D eigenvalue weighted by molar-refractivity contribution is 7.98. The van der Waals surface area contributed by atoms with Crippen LogP contribution >= 0.6 is 23.4 Å². The molecule has 1 aromatic heterocycles. The molecule has 0 bridgehead atoms. The summed E-state index contributed by atoms with van der Waals surface area (Å²) in [6.07, 6.45) is 0. The molecule has 0 aliphatic rings. The molecule has 106 valence electrons. The molecule has 2 aromatic carbocycles. The zero-order chi connectivity index (χ0) is 14.7. The number of hydrogen-bond donors (Lipinski definition) is 1. The Balaban J connectivity index is 1.71. The normalized spacial score (nSPS) is 10.7. The van der Waals surface area contributed by atoms with Crippen molar-refractivity contribution in [3.8, 4) is 17.2 Å². The third-order valence-corrected chi connectivity index (χ3v) is 4.07. The van der Waals surface area contributed by atoms with Gasteiger partial charge in [0.1, 0.15) is 5.75 Å². The minimum atomic E-state index is 0.201. The molecule has 3 aromatic rings. The average molecular weight is 319 g/mol. The molecule has 0 spiro atoms. The quantitative estimate of drug-likeness (QED) is 0.723. The Morgan fingerprint density at radius 2 is 1.81 bits per heavy atom. The lowest BCUT2D eigenvalue weighted by Gasteiger charge is -2.00. The third-order valence-electron chi connectivity index (χ3n) is 2.83. The van der Waals surface area contributed by atoms with E-state index in [0.717, 1.165) is 16.1 Å². The van der Waals surface area contributed by atoms with E-state index in [-0.39, 0.29) is 5.75 Å². The number of phenolic OH excluding ortho intramolecular Hbond substituents is 1.